The van der Waals surface area contributed by atoms with Crippen LogP contribution < -0.4 is 4.74 Å². The molecule has 2 N–H and O–H groups in total. The molecule has 0 atom stereocenters. The van der Waals surface area contributed by atoms with E-state index in [1.54, 1.807) is 36.7 Å². The predicted octanol–water partition coefficient (Wildman–Crippen LogP) is 3.77. The molecule has 0 saturated carbocycles. The number of ether oxygens (including phenoxy) is 1. The third-order valence-electron chi connectivity index (χ3n) is 2.61. The summed E-state index contributed by atoms with van der Waals surface area (Å²) < 4.78 is 4.91. The highest BCUT2D eigenvalue weighted by Gasteiger charge is 1.91. The first-order valence-corrected chi connectivity index (χ1v) is 6.25. The lowest BCUT2D eigenvalue weighted by molar-refractivity contribution is 0.570. The van der Waals surface area contributed by atoms with Crippen molar-refractivity contribution in [1.29, 1.82) is 10.8 Å². The summed E-state index contributed by atoms with van der Waals surface area (Å²) in [6.45, 7) is 0. The van der Waals surface area contributed by atoms with E-state index in [-0.39, 0.29) is 0 Å². The first-order chi connectivity index (χ1) is 10.3. The van der Waals surface area contributed by atoms with Gasteiger partial charge in [0, 0.05) is 18.6 Å². The number of hydrogen-bond donors (Lipinski definition) is 2. The predicted molar refractivity (Wildman–Crippen MR) is 86.5 cm³/mol. The molecular formula is C16H14N4O. The minimum Gasteiger partial charge on any atom is -0.446 e. The highest BCUT2D eigenvalue weighted by atomic mass is 16.5. The first-order valence-electron chi connectivity index (χ1n) is 6.25. The van der Waals surface area contributed by atoms with Gasteiger partial charge in [0.1, 0.15) is 5.75 Å². The highest BCUT2D eigenvalue weighted by molar-refractivity contribution is 6.17. The zero-order valence-corrected chi connectivity index (χ0v) is 11.2. The first kappa shape index (κ1) is 14.3. The second kappa shape index (κ2) is 7.49. The minimum atomic E-state index is 0.601. The van der Waals surface area contributed by atoms with Gasteiger partial charge in [0.15, 0.2) is 6.40 Å². The van der Waals surface area contributed by atoms with Gasteiger partial charge in [-0.15, -0.1) is 0 Å². The van der Waals surface area contributed by atoms with Crippen LogP contribution in [0, 0.1) is 10.8 Å². The van der Waals surface area contributed by atoms with E-state index in [9.17, 15) is 0 Å². The molecule has 0 fully saturated rings. The van der Waals surface area contributed by atoms with Gasteiger partial charge in [-0.3, -0.25) is 15.4 Å². The molecule has 2 aromatic rings. The Morgan fingerprint density at radius 1 is 0.762 bits per heavy atom. The Morgan fingerprint density at radius 3 is 1.76 bits per heavy atom. The second-order valence-electron chi connectivity index (χ2n) is 4.02. The fraction of sp³-hybridized carbons (Fsp3) is 0. The van der Waals surface area contributed by atoms with E-state index in [1.807, 2.05) is 24.3 Å². The summed E-state index contributed by atoms with van der Waals surface area (Å²) in [6.07, 6.45) is 5.40. The molecule has 21 heavy (non-hydrogen) atoms. The Hall–Kier alpha value is -3.08. The van der Waals surface area contributed by atoms with E-state index >= 15 is 0 Å². The van der Waals surface area contributed by atoms with Gasteiger partial charge in [-0.05, 0) is 42.0 Å². The van der Waals surface area contributed by atoms with Crippen LogP contribution in [0.15, 0.2) is 58.5 Å². The molecule has 0 saturated heterocycles. The van der Waals surface area contributed by atoms with E-state index in [0.717, 1.165) is 23.3 Å². The summed E-state index contributed by atoms with van der Waals surface area (Å²) in [5.74, 6) is 0.601. The zero-order chi connectivity index (χ0) is 14.9. The molecular weight excluding hydrogens is 264 g/mol. The summed E-state index contributed by atoms with van der Waals surface area (Å²) in [7, 11) is 0. The third kappa shape index (κ3) is 4.50. The summed E-state index contributed by atoms with van der Waals surface area (Å²) in [4.78, 5) is 8.47. The van der Waals surface area contributed by atoms with E-state index in [0.29, 0.717) is 5.75 Å². The molecule has 0 unspecified atom stereocenters. The van der Waals surface area contributed by atoms with Gasteiger partial charge < -0.3 is 10.1 Å². The molecule has 5 heteroatoms. The summed E-state index contributed by atoms with van der Waals surface area (Å²) in [5.41, 5.74) is 2.43. The summed E-state index contributed by atoms with van der Waals surface area (Å²) >= 11 is 0. The molecule has 5 nitrogen and oxygen atoms in total. The minimum absolute atomic E-state index is 0.601. The monoisotopic (exact) mass is 278 g/mol. The van der Waals surface area contributed by atoms with Crippen LogP contribution in [0.1, 0.15) is 5.56 Å². The topological polar surface area (TPSA) is 81.7 Å². The maximum Gasteiger partial charge on any atom is 0.173 e. The van der Waals surface area contributed by atoms with Crippen LogP contribution in [0.5, 0.6) is 5.75 Å². The fourth-order valence-corrected chi connectivity index (χ4v) is 1.57. The molecule has 2 aromatic carbocycles. The van der Waals surface area contributed by atoms with Crippen molar-refractivity contribution in [1.82, 2.24) is 0 Å². The van der Waals surface area contributed by atoms with E-state index < -0.39 is 0 Å². The highest BCUT2D eigenvalue weighted by Crippen LogP contribution is 2.17. The number of aliphatic imine (C=N–C) groups is 2. The molecule has 0 spiro atoms. The second-order valence-corrected chi connectivity index (χ2v) is 4.02. The number of benzene rings is 2. The Bertz CT molecular complexity index is 658. The third-order valence-corrected chi connectivity index (χ3v) is 2.61. The Balaban J connectivity index is 1.95. The van der Waals surface area contributed by atoms with Crippen molar-refractivity contribution in [2.75, 3.05) is 0 Å². The molecule has 0 aliphatic heterocycles. The van der Waals surface area contributed by atoms with Gasteiger partial charge in [-0.25, -0.2) is 0 Å². The summed E-state index contributed by atoms with van der Waals surface area (Å²) in [5, 5.41) is 13.9. The largest absolute Gasteiger partial charge is 0.446 e. The van der Waals surface area contributed by atoms with Crippen molar-refractivity contribution < 1.29 is 4.74 Å². The van der Waals surface area contributed by atoms with Crippen molar-refractivity contribution >= 4 is 36.4 Å². The van der Waals surface area contributed by atoms with Gasteiger partial charge in [0.25, 0.3) is 0 Å². The molecule has 104 valence electrons. The number of nitrogens with one attached hydrogen (secondary N) is 2. The Kier molecular flexibility index (Phi) is 5.11. The van der Waals surface area contributed by atoms with E-state index in [2.05, 4.69) is 9.98 Å². The molecule has 0 bridgehead atoms. The van der Waals surface area contributed by atoms with E-state index in [1.165, 1.54) is 6.21 Å². The summed E-state index contributed by atoms with van der Waals surface area (Å²) in [6, 6.07) is 14.4. The molecule has 0 heterocycles. The van der Waals surface area contributed by atoms with E-state index in [4.69, 9.17) is 15.6 Å². The smallest absolute Gasteiger partial charge is 0.173 e. The maximum atomic E-state index is 7.11. The van der Waals surface area contributed by atoms with Crippen LogP contribution in [0.3, 0.4) is 0 Å². The van der Waals surface area contributed by atoms with Crippen molar-refractivity contribution in [3.8, 4) is 5.75 Å². The Morgan fingerprint density at radius 2 is 1.29 bits per heavy atom. The van der Waals surface area contributed by atoms with Crippen molar-refractivity contribution in [2.45, 2.75) is 0 Å². The SMILES string of the molecule is N=COc1ccc(N=CC=Nc2ccc(C=N)cc2)cc1. The van der Waals surface area contributed by atoms with Crippen molar-refractivity contribution in [3.63, 3.8) is 0 Å². The maximum absolute atomic E-state index is 7.11. The van der Waals surface area contributed by atoms with Crippen LogP contribution in [-0.4, -0.2) is 25.0 Å². The number of rotatable bonds is 6. The fourth-order valence-electron chi connectivity index (χ4n) is 1.57. The average Bonchev–Trinajstić information content (AvgIpc) is 2.54. The lowest BCUT2D eigenvalue weighted by Gasteiger charge is -1.97. The van der Waals surface area contributed by atoms with Crippen LogP contribution in [0.4, 0.5) is 11.4 Å². The van der Waals surface area contributed by atoms with Crippen LogP contribution >= 0.6 is 0 Å². The molecule has 0 aromatic heterocycles. The molecule has 0 amide bonds. The standard InChI is InChI=1S/C16H14N4O/c17-11-13-1-3-14(4-2-13)19-9-10-20-15-5-7-16(8-6-15)21-12-18/h1-12,17-18H. The normalized spacial score (nSPS) is 10.9. The van der Waals surface area contributed by atoms with Crippen LogP contribution in [-0.2, 0) is 0 Å². The molecule has 2 rings (SSSR count). The van der Waals surface area contributed by atoms with Crippen LogP contribution in [0.25, 0.3) is 0 Å². The molecule has 0 radical (unpaired) electrons. The van der Waals surface area contributed by atoms with Gasteiger partial charge >= 0.3 is 0 Å². The average molecular weight is 278 g/mol. The van der Waals surface area contributed by atoms with Crippen molar-refractivity contribution in [3.05, 3.63) is 54.1 Å². The van der Waals surface area contributed by atoms with Gasteiger partial charge in [0.05, 0.1) is 11.4 Å². The van der Waals surface area contributed by atoms with Gasteiger partial charge in [-0.2, -0.15) is 0 Å². The number of nitrogens with zero attached hydrogens (tertiary/aromatic N) is 2. The number of hydrogen-bond acceptors (Lipinski definition) is 5. The molecule has 0 aliphatic carbocycles. The zero-order valence-electron chi connectivity index (χ0n) is 11.2. The quantitative estimate of drug-likeness (QED) is 0.612. The van der Waals surface area contributed by atoms with Crippen LogP contribution in [0.2, 0.25) is 0 Å². The lowest BCUT2D eigenvalue weighted by atomic mass is 10.2. The van der Waals surface area contributed by atoms with Crippen molar-refractivity contribution in [2.24, 2.45) is 9.98 Å². The van der Waals surface area contributed by atoms with Gasteiger partial charge in [0.2, 0.25) is 0 Å². The van der Waals surface area contributed by atoms with Gasteiger partial charge in [-0.1, -0.05) is 12.1 Å². The molecule has 0 aliphatic rings. The Labute approximate surface area is 122 Å². The lowest BCUT2D eigenvalue weighted by Crippen LogP contribution is -1.85.